The Balaban J connectivity index is 1.24. The molecule has 5 heteroatoms. The van der Waals surface area contributed by atoms with E-state index in [1.54, 1.807) is 0 Å². The lowest BCUT2D eigenvalue weighted by Crippen LogP contribution is -2.45. The van der Waals surface area contributed by atoms with E-state index in [-0.39, 0.29) is 11.9 Å². The number of hydrogen-bond acceptors (Lipinski definition) is 4. The molecule has 0 atom stereocenters. The first kappa shape index (κ1) is 21.1. The maximum absolute atomic E-state index is 13.2. The number of amides is 1. The standard InChI is InChI=1S/C27H32N2O3/c30-27(28-21-14-16-29(17-15-21)18-20-8-4-5-9-20)26-24(19-31-22-10-2-1-3-11-22)23-12-6-7-13-25(23)32-26/h1-3,6-7,10-13,20-21H,4-5,8-9,14-19H2,(H,28,30). The molecule has 0 spiro atoms. The molecule has 1 saturated carbocycles. The predicted molar refractivity (Wildman–Crippen MR) is 126 cm³/mol. The molecule has 32 heavy (non-hydrogen) atoms. The molecular weight excluding hydrogens is 400 g/mol. The van der Waals surface area contributed by atoms with Gasteiger partial charge in [0, 0.05) is 36.6 Å². The number of ether oxygens (including phenoxy) is 1. The summed E-state index contributed by atoms with van der Waals surface area (Å²) in [7, 11) is 0. The zero-order valence-corrected chi connectivity index (χ0v) is 18.6. The van der Waals surface area contributed by atoms with Crippen LogP contribution in [-0.2, 0) is 6.61 Å². The molecule has 1 saturated heterocycles. The van der Waals surface area contributed by atoms with Crippen molar-refractivity contribution in [2.75, 3.05) is 19.6 Å². The SMILES string of the molecule is O=C(NC1CCN(CC2CCCC2)CC1)c1oc2ccccc2c1COc1ccccc1. The normalized spacial score (nSPS) is 18.2. The molecule has 5 nitrogen and oxygen atoms in total. The molecule has 1 aliphatic heterocycles. The zero-order chi connectivity index (χ0) is 21.8. The Kier molecular flexibility index (Phi) is 6.44. The molecule has 3 aromatic rings. The number of carbonyl (C=O) groups is 1. The fraction of sp³-hybridized carbons (Fsp3) is 0.444. The Morgan fingerprint density at radius 1 is 0.969 bits per heavy atom. The zero-order valence-electron chi connectivity index (χ0n) is 18.6. The number of hydrogen-bond donors (Lipinski definition) is 1. The summed E-state index contributed by atoms with van der Waals surface area (Å²) in [6.07, 6.45) is 7.55. The van der Waals surface area contributed by atoms with Crippen molar-refractivity contribution in [2.45, 2.75) is 51.2 Å². The van der Waals surface area contributed by atoms with Crippen LogP contribution in [0.25, 0.3) is 11.0 Å². The minimum Gasteiger partial charge on any atom is -0.489 e. The summed E-state index contributed by atoms with van der Waals surface area (Å²) in [5.74, 6) is 1.89. The lowest BCUT2D eigenvalue weighted by molar-refractivity contribution is 0.0876. The minimum atomic E-state index is -0.137. The van der Waals surface area contributed by atoms with Crippen LogP contribution < -0.4 is 10.1 Å². The average Bonchev–Trinajstić information content (AvgIpc) is 3.47. The number of piperidine rings is 1. The molecule has 1 aromatic heterocycles. The molecule has 168 valence electrons. The lowest BCUT2D eigenvalue weighted by atomic mass is 10.0. The number of para-hydroxylation sites is 2. The fourth-order valence-corrected chi connectivity index (χ4v) is 5.17. The van der Waals surface area contributed by atoms with E-state index in [1.807, 2.05) is 54.6 Å². The highest BCUT2D eigenvalue weighted by atomic mass is 16.5. The van der Waals surface area contributed by atoms with Crippen LogP contribution in [0.3, 0.4) is 0 Å². The lowest BCUT2D eigenvalue weighted by Gasteiger charge is -2.33. The van der Waals surface area contributed by atoms with Gasteiger partial charge in [0.05, 0.1) is 0 Å². The van der Waals surface area contributed by atoms with Gasteiger partial charge >= 0.3 is 0 Å². The van der Waals surface area contributed by atoms with Gasteiger partial charge in [-0.1, -0.05) is 49.2 Å². The summed E-state index contributed by atoms with van der Waals surface area (Å²) in [5, 5.41) is 4.16. The smallest absolute Gasteiger partial charge is 0.287 e. The Bertz CT molecular complexity index is 1030. The van der Waals surface area contributed by atoms with E-state index in [1.165, 1.54) is 32.2 Å². The van der Waals surface area contributed by atoms with E-state index in [2.05, 4.69) is 10.2 Å². The third-order valence-electron chi connectivity index (χ3n) is 6.94. The summed E-state index contributed by atoms with van der Waals surface area (Å²) < 4.78 is 12.0. The predicted octanol–water partition coefficient (Wildman–Crippen LogP) is 5.40. The number of likely N-dealkylation sites (tertiary alicyclic amines) is 1. The number of carbonyl (C=O) groups excluding carboxylic acids is 1. The van der Waals surface area contributed by atoms with Crippen molar-refractivity contribution >= 4 is 16.9 Å². The summed E-state index contributed by atoms with van der Waals surface area (Å²) in [6.45, 7) is 3.64. The molecule has 2 fully saturated rings. The van der Waals surface area contributed by atoms with Gasteiger partial charge in [0.25, 0.3) is 5.91 Å². The van der Waals surface area contributed by atoms with Gasteiger partial charge in [0.15, 0.2) is 5.76 Å². The van der Waals surface area contributed by atoms with Crippen molar-refractivity contribution in [1.29, 1.82) is 0 Å². The maximum atomic E-state index is 13.2. The maximum Gasteiger partial charge on any atom is 0.287 e. The Labute approximate surface area is 189 Å². The first-order valence-electron chi connectivity index (χ1n) is 12.0. The minimum absolute atomic E-state index is 0.137. The van der Waals surface area contributed by atoms with Gasteiger partial charge in [-0.15, -0.1) is 0 Å². The van der Waals surface area contributed by atoms with Crippen LogP contribution in [-0.4, -0.2) is 36.5 Å². The summed E-state index contributed by atoms with van der Waals surface area (Å²) in [6, 6.07) is 17.6. The van der Waals surface area contributed by atoms with Gasteiger partial charge in [-0.25, -0.2) is 0 Å². The van der Waals surface area contributed by atoms with Crippen molar-refractivity contribution in [3.8, 4) is 5.75 Å². The van der Waals surface area contributed by atoms with E-state index >= 15 is 0 Å². The molecule has 2 aromatic carbocycles. The molecule has 1 N–H and O–H groups in total. The molecule has 0 unspecified atom stereocenters. The first-order chi connectivity index (χ1) is 15.8. The second-order valence-corrected chi connectivity index (χ2v) is 9.21. The summed E-state index contributed by atoms with van der Waals surface area (Å²) >= 11 is 0. The first-order valence-corrected chi connectivity index (χ1v) is 12.0. The van der Waals surface area contributed by atoms with Crippen molar-refractivity contribution in [3.05, 3.63) is 65.9 Å². The highest BCUT2D eigenvalue weighted by Crippen LogP contribution is 2.29. The van der Waals surface area contributed by atoms with Gasteiger partial charge in [-0.2, -0.15) is 0 Å². The number of rotatable bonds is 7. The van der Waals surface area contributed by atoms with Crippen molar-refractivity contribution in [2.24, 2.45) is 5.92 Å². The molecule has 1 aliphatic carbocycles. The van der Waals surface area contributed by atoms with Crippen LogP contribution >= 0.6 is 0 Å². The second kappa shape index (κ2) is 9.78. The van der Waals surface area contributed by atoms with E-state index in [0.717, 1.165) is 54.1 Å². The fourth-order valence-electron chi connectivity index (χ4n) is 5.17. The van der Waals surface area contributed by atoms with Crippen LogP contribution in [0, 0.1) is 5.92 Å². The molecule has 1 amide bonds. The van der Waals surface area contributed by atoms with Gasteiger partial charge in [-0.05, 0) is 49.8 Å². The second-order valence-electron chi connectivity index (χ2n) is 9.21. The molecular formula is C27H32N2O3. The third-order valence-corrected chi connectivity index (χ3v) is 6.94. The average molecular weight is 433 g/mol. The van der Waals surface area contributed by atoms with Crippen LogP contribution in [0.4, 0.5) is 0 Å². The molecule has 0 bridgehead atoms. The van der Waals surface area contributed by atoms with Crippen molar-refractivity contribution < 1.29 is 13.9 Å². The number of nitrogens with zero attached hydrogens (tertiary/aromatic N) is 1. The number of fused-ring (bicyclic) bond motifs is 1. The molecule has 5 rings (SSSR count). The summed E-state index contributed by atoms with van der Waals surface area (Å²) in [5.41, 5.74) is 1.52. The largest absolute Gasteiger partial charge is 0.489 e. The number of furan rings is 1. The number of benzene rings is 2. The van der Waals surface area contributed by atoms with Gasteiger partial charge in [-0.3, -0.25) is 4.79 Å². The van der Waals surface area contributed by atoms with Crippen LogP contribution in [0.2, 0.25) is 0 Å². The van der Waals surface area contributed by atoms with E-state index in [0.29, 0.717) is 12.4 Å². The third kappa shape index (κ3) is 4.83. The highest BCUT2D eigenvalue weighted by Gasteiger charge is 2.27. The van der Waals surface area contributed by atoms with Crippen LogP contribution in [0.15, 0.2) is 59.0 Å². The van der Waals surface area contributed by atoms with Crippen molar-refractivity contribution in [3.63, 3.8) is 0 Å². The van der Waals surface area contributed by atoms with Crippen LogP contribution in [0.5, 0.6) is 5.75 Å². The molecule has 2 aliphatic rings. The Morgan fingerprint density at radius 3 is 2.47 bits per heavy atom. The Hall–Kier alpha value is -2.79. The Morgan fingerprint density at radius 2 is 1.69 bits per heavy atom. The van der Waals surface area contributed by atoms with Gasteiger partial charge in [0.1, 0.15) is 17.9 Å². The summed E-state index contributed by atoms with van der Waals surface area (Å²) in [4.78, 5) is 15.8. The molecule has 0 radical (unpaired) electrons. The van der Waals surface area contributed by atoms with Crippen molar-refractivity contribution in [1.82, 2.24) is 10.2 Å². The van der Waals surface area contributed by atoms with Crippen LogP contribution in [0.1, 0.15) is 54.6 Å². The van der Waals surface area contributed by atoms with E-state index in [4.69, 9.17) is 9.15 Å². The molecule has 2 heterocycles. The number of nitrogens with one attached hydrogen (secondary N) is 1. The monoisotopic (exact) mass is 432 g/mol. The van der Waals surface area contributed by atoms with Gasteiger partial charge < -0.3 is 19.4 Å². The van der Waals surface area contributed by atoms with Gasteiger partial charge in [0.2, 0.25) is 0 Å². The van der Waals surface area contributed by atoms with E-state index in [9.17, 15) is 4.79 Å². The highest BCUT2D eigenvalue weighted by molar-refractivity contribution is 5.99. The topological polar surface area (TPSA) is 54.7 Å². The quantitative estimate of drug-likeness (QED) is 0.543. The van der Waals surface area contributed by atoms with E-state index < -0.39 is 0 Å².